The Morgan fingerprint density at radius 1 is 0.682 bits per heavy atom. The smallest absolute Gasteiger partial charge is 0.0636 e. The Balaban J connectivity index is 2.97. The zero-order chi connectivity index (χ0) is 16.3. The summed E-state index contributed by atoms with van der Waals surface area (Å²) in [7, 11) is 5.61. The Morgan fingerprint density at radius 3 is 1.68 bits per heavy atom. The highest BCUT2D eigenvalue weighted by Gasteiger charge is 2.00. The largest absolute Gasteiger partial charge is 0.392 e. The van der Waals surface area contributed by atoms with Crippen LogP contribution in [0.15, 0.2) is 0 Å². The number of unbranched alkanes of at least 4 members (excludes halogenated alkanes) is 11. The fraction of sp³-hybridized carbons (Fsp3) is 1.00. The molecule has 1 atom stereocenters. The SMILES string of the molecule is CCCCCCCCCCCCCCSSSCC(O)CC. The molecule has 0 spiro atoms. The molecule has 0 bridgehead atoms. The maximum Gasteiger partial charge on any atom is 0.0636 e. The van der Waals surface area contributed by atoms with Crippen LogP contribution in [0.5, 0.6) is 0 Å². The van der Waals surface area contributed by atoms with Crippen molar-refractivity contribution in [1.82, 2.24) is 0 Å². The van der Waals surface area contributed by atoms with E-state index in [2.05, 4.69) is 6.92 Å². The second kappa shape index (κ2) is 20.1. The predicted molar refractivity (Wildman–Crippen MR) is 110 cm³/mol. The zero-order valence-electron chi connectivity index (χ0n) is 14.9. The summed E-state index contributed by atoms with van der Waals surface area (Å²) in [6, 6.07) is 0. The summed E-state index contributed by atoms with van der Waals surface area (Å²) in [4.78, 5) is 0. The van der Waals surface area contributed by atoms with Gasteiger partial charge in [-0.1, -0.05) is 106 Å². The molecule has 1 N–H and O–H groups in total. The van der Waals surface area contributed by atoms with Crippen LogP contribution in [-0.2, 0) is 0 Å². The Morgan fingerprint density at radius 2 is 1.18 bits per heavy atom. The Hall–Kier alpha value is 1.01. The van der Waals surface area contributed by atoms with Crippen LogP contribution >= 0.6 is 31.4 Å². The van der Waals surface area contributed by atoms with Crippen molar-refractivity contribution in [2.75, 3.05) is 11.5 Å². The molecule has 0 saturated heterocycles. The number of rotatable bonds is 18. The molecule has 0 heterocycles. The normalized spacial score (nSPS) is 12.7. The quantitative estimate of drug-likeness (QED) is 0.200. The van der Waals surface area contributed by atoms with E-state index in [-0.39, 0.29) is 6.10 Å². The van der Waals surface area contributed by atoms with Gasteiger partial charge >= 0.3 is 0 Å². The van der Waals surface area contributed by atoms with E-state index in [0.717, 1.165) is 12.2 Å². The third kappa shape index (κ3) is 19.1. The van der Waals surface area contributed by atoms with Crippen molar-refractivity contribution < 1.29 is 5.11 Å². The van der Waals surface area contributed by atoms with Crippen LogP contribution in [-0.4, -0.2) is 22.7 Å². The van der Waals surface area contributed by atoms with Crippen molar-refractivity contribution in [3.8, 4) is 0 Å². The van der Waals surface area contributed by atoms with E-state index in [9.17, 15) is 5.11 Å². The minimum absolute atomic E-state index is 0.121. The van der Waals surface area contributed by atoms with E-state index in [4.69, 9.17) is 0 Å². The van der Waals surface area contributed by atoms with Crippen LogP contribution in [0.2, 0.25) is 0 Å². The first-order valence-electron chi connectivity index (χ1n) is 9.40. The molecule has 0 rings (SSSR count). The number of aliphatic hydroxyl groups excluding tert-OH is 1. The highest BCUT2D eigenvalue weighted by molar-refractivity contribution is 9.09. The third-order valence-corrected chi connectivity index (χ3v) is 8.30. The standard InChI is InChI=1S/C18H38OS3/c1-3-5-6-7-8-9-10-11-12-13-14-15-16-20-22-21-17-18(19)4-2/h18-19H,3-17H2,1-2H3. The highest BCUT2D eigenvalue weighted by Crippen LogP contribution is 2.35. The van der Waals surface area contributed by atoms with Gasteiger partial charge in [0.1, 0.15) is 0 Å². The number of aliphatic hydroxyl groups is 1. The Kier molecular flexibility index (Phi) is 21.0. The van der Waals surface area contributed by atoms with E-state index in [1.165, 1.54) is 82.8 Å². The van der Waals surface area contributed by atoms with E-state index in [1.807, 2.05) is 27.5 Å². The fourth-order valence-electron chi connectivity index (χ4n) is 2.29. The Bertz CT molecular complexity index is 203. The molecule has 4 heteroatoms. The van der Waals surface area contributed by atoms with Crippen LogP contribution in [0.4, 0.5) is 0 Å². The maximum atomic E-state index is 9.43. The van der Waals surface area contributed by atoms with Crippen molar-refractivity contribution in [2.45, 2.75) is 103 Å². The summed E-state index contributed by atoms with van der Waals surface area (Å²) in [6.07, 6.45) is 17.8. The zero-order valence-corrected chi connectivity index (χ0v) is 17.3. The summed E-state index contributed by atoms with van der Waals surface area (Å²) in [5, 5.41) is 9.43. The number of hydrogen-bond donors (Lipinski definition) is 1. The van der Waals surface area contributed by atoms with Crippen LogP contribution < -0.4 is 0 Å². The fourth-order valence-corrected chi connectivity index (χ4v) is 6.33. The molecule has 0 aromatic carbocycles. The van der Waals surface area contributed by atoms with Crippen molar-refractivity contribution in [3.05, 3.63) is 0 Å². The lowest BCUT2D eigenvalue weighted by Gasteiger charge is -2.05. The molecule has 22 heavy (non-hydrogen) atoms. The molecule has 0 amide bonds. The summed E-state index contributed by atoms with van der Waals surface area (Å²) in [6.45, 7) is 4.32. The summed E-state index contributed by atoms with van der Waals surface area (Å²) >= 11 is 0. The van der Waals surface area contributed by atoms with Gasteiger partial charge in [-0.2, -0.15) is 0 Å². The van der Waals surface area contributed by atoms with Crippen molar-refractivity contribution >= 4 is 31.4 Å². The third-order valence-electron chi connectivity index (χ3n) is 3.91. The molecule has 1 unspecified atom stereocenters. The predicted octanol–water partition coefficient (Wildman–Crippen LogP) is 7.49. The van der Waals surface area contributed by atoms with Gasteiger partial charge in [0.25, 0.3) is 0 Å². The molecule has 134 valence electrons. The van der Waals surface area contributed by atoms with E-state index in [1.54, 1.807) is 10.8 Å². The summed E-state index contributed by atoms with van der Waals surface area (Å²) in [5.41, 5.74) is 0. The van der Waals surface area contributed by atoms with Gasteiger partial charge in [-0.15, -0.1) is 0 Å². The van der Waals surface area contributed by atoms with Crippen molar-refractivity contribution in [1.29, 1.82) is 0 Å². The molecular formula is C18H38OS3. The minimum Gasteiger partial charge on any atom is -0.392 e. The molecule has 0 aromatic heterocycles. The Labute approximate surface area is 151 Å². The average molecular weight is 367 g/mol. The van der Waals surface area contributed by atoms with Crippen LogP contribution in [0.3, 0.4) is 0 Å². The molecule has 0 aliphatic heterocycles. The van der Waals surface area contributed by atoms with Crippen LogP contribution in [0.25, 0.3) is 0 Å². The molecule has 0 aliphatic carbocycles. The lowest BCUT2D eigenvalue weighted by Crippen LogP contribution is -2.05. The maximum absolute atomic E-state index is 9.43. The van der Waals surface area contributed by atoms with Gasteiger partial charge in [0, 0.05) is 11.5 Å². The lowest BCUT2D eigenvalue weighted by molar-refractivity contribution is 0.195. The first-order valence-corrected chi connectivity index (χ1v) is 13.2. The summed E-state index contributed by atoms with van der Waals surface area (Å²) in [5.74, 6) is 2.13. The summed E-state index contributed by atoms with van der Waals surface area (Å²) < 4.78 is 0. The molecule has 1 nitrogen and oxygen atoms in total. The molecule has 0 saturated carbocycles. The monoisotopic (exact) mass is 366 g/mol. The second-order valence-electron chi connectivity index (χ2n) is 6.13. The van der Waals surface area contributed by atoms with Crippen LogP contribution in [0, 0.1) is 0 Å². The van der Waals surface area contributed by atoms with Gasteiger partial charge in [-0.3, -0.25) is 0 Å². The molecular weight excluding hydrogens is 328 g/mol. The first-order chi connectivity index (χ1) is 10.8. The lowest BCUT2D eigenvalue weighted by atomic mass is 10.1. The average Bonchev–Trinajstić information content (AvgIpc) is 2.54. The van der Waals surface area contributed by atoms with Crippen LogP contribution in [0.1, 0.15) is 97.3 Å². The first kappa shape index (κ1) is 23.0. The molecule has 0 aromatic rings. The van der Waals surface area contributed by atoms with Gasteiger partial charge in [-0.25, -0.2) is 0 Å². The molecule has 0 fully saturated rings. The minimum atomic E-state index is -0.121. The van der Waals surface area contributed by atoms with Gasteiger partial charge in [0.15, 0.2) is 0 Å². The highest BCUT2D eigenvalue weighted by atomic mass is 33.5. The van der Waals surface area contributed by atoms with Gasteiger partial charge in [0.2, 0.25) is 0 Å². The second-order valence-corrected chi connectivity index (χ2v) is 10.5. The van der Waals surface area contributed by atoms with Gasteiger partial charge in [-0.05, 0) is 22.7 Å². The van der Waals surface area contributed by atoms with Gasteiger partial charge in [0.05, 0.1) is 6.10 Å². The van der Waals surface area contributed by atoms with Crippen molar-refractivity contribution in [3.63, 3.8) is 0 Å². The van der Waals surface area contributed by atoms with Gasteiger partial charge < -0.3 is 5.11 Å². The van der Waals surface area contributed by atoms with Crippen molar-refractivity contribution in [2.24, 2.45) is 0 Å². The topological polar surface area (TPSA) is 20.2 Å². The molecule has 0 aliphatic rings. The van der Waals surface area contributed by atoms with E-state index in [0.29, 0.717) is 0 Å². The molecule has 0 radical (unpaired) electrons. The van der Waals surface area contributed by atoms with E-state index < -0.39 is 0 Å². The van der Waals surface area contributed by atoms with E-state index >= 15 is 0 Å². The number of hydrogen-bond acceptors (Lipinski definition) is 4.